The molecule has 2 aromatic rings. The van der Waals surface area contributed by atoms with E-state index in [0.717, 1.165) is 42.5 Å². The average Bonchev–Trinajstić information content (AvgIpc) is 2.91. The maximum Gasteiger partial charge on any atom is 0.256 e. The normalized spacial score (nSPS) is 19.4. The van der Waals surface area contributed by atoms with E-state index in [4.69, 9.17) is 0 Å². The molecule has 1 saturated heterocycles. The molecule has 1 amide bonds. The molecule has 1 aromatic carbocycles. The summed E-state index contributed by atoms with van der Waals surface area (Å²) in [6.07, 6.45) is 4.15. The summed E-state index contributed by atoms with van der Waals surface area (Å²) >= 11 is 0. The fourth-order valence-corrected chi connectivity index (χ4v) is 3.12. The van der Waals surface area contributed by atoms with E-state index in [0.29, 0.717) is 5.92 Å². The molecule has 0 bridgehead atoms. The second-order valence-electron chi connectivity index (χ2n) is 5.57. The number of likely N-dealkylation sites (tertiary alicyclic amines) is 1. The number of nitrogens with one attached hydrogen (secondary N) is 2. The van der Waals surface area contributed by atoms with Crippen LogP contribution in [0, 0.1) is 5.92 Å². The van der Waals surface area contributed by atoms with E-state index in [-0.39, 0.29) is 5.91 Å². The molecule has 4 heteroatoms. The van der Waals surface area contributed by atoms with E-state index in [1.165, 1.54) is 6.42 Å². The molecule has 1 fully saturated rings. The summed E-state index contributed by atoms with van der Waals surface area (Å²) in [6.45, 7) is 2.72. The van der Waals surface area contributed by atoms with Crippen LogP contribution in [0.5, 0.6) is 0 Å². The number of benzene rings is 1. The Labute approximate surface area is 119 Å². The first-order chi connectivity index (χ1) is 9.79. The molecule has 1 atom stereocenters. The van der Waals surface area contributed by atoms with Crippen LogP contribution >= 0.6 is 0 Å². The van der Waals surface area contributed by atoms with Crippen molar-refractivity contribution in [1.29, 1.82) is 0 Å². The molecule has 0 spiro atoms. The van der Waals surface area contributed by atoms with Crippen LogP contribution in [0.3, 0.4) is 0 Å². The van der Waals surface area contributed by atoms with Crippen LogP contribution in [0.1, 0.15) is 23.2 Å². The first-order valence-electron chi connectivity index (χ1n) is 7.29. The van der Waals surface area contributed by atoms with Gasteiger partial charge in [-0.3, -0.25) is 4.79 Å². The summed E-state index contributed by atoms with van der Waals surface area (Å²) in [5, 5.41) is 4.24. The Kier molecular flexibility index (Phi) is 3.74. The minimum Gasteiger partial charge on any atom is -0.360 e. The number of fused-ring (bicyclic) bond motifs is 1. The van der Waals surface area contributed by atoms with Gasteiger partial charge in [-0.05, 0) is 38.4 Å². The van der Waals surface area contributed by atoms with Gasteiger partial charge in [0.05, 0.1) is 5.56 Å². The predicted molar refractivity (Wildman–Crippen MR) is 80.9 cm³/mol. The van der Waals surface area contributed by atoms with Crippen molar-refractivity contribution in [3.8, 4) is 0 Å². The van der Waals surface area contributed by atoms with E-state index in [9.17, 15) is 4.79 Å². The number of rotatable bonds is 3. The molecule has 3 rings (SSSR count). The fraction of sp³-hybridized carbons (Fsp3) is 0.438. The monoisotopic (exact) mass is 271 g/mol. The molecule has 106 valence electrons. The quantitative estimate of drug-likeness (QED) is 0.899. The van der Waals surface area contributed by atoms with E-state index in [1.807, 2.05) is 42.4 Å². The third-order valence-electron chi connectivity index (χ3n) is 4.12. The van der Waals surface area contributed by atoms with Gasteiger partial charge in [-0.15, -0.1) is 0 Å². The molecule has 4 nitrogen and oxygen atoms in total. The maximum absolute atomic E-state index is 12.7. The van der Waals surface area contributed by atoms with Gasteiger partial charge in [-0.2, -0.15) is 0 Å². The van der Waals surface area contributed by atoms with Gasteiger partial charge in [-0.1, -0.05) is 18.2 Å². The third-order valence-corrected chi connectivity index (χ3v) is 4.12. The van der Waals surface area contributed by atoms with Crippen LogP contribution < -0.4 is 5.32 Å². The number of para-hydroxylation sites is 1. The Hall–Kier alpha value is -1.81. The highest BCUT2D eigenvalue weighted by molar-refractivity contribution is 6.06. The predicted octanol–water partition coefficient (Wildman–Crippen LogP) is 2.24. The summed E-state index contributed by atoms with van der Waals surface area (Å²) in [5.41, 5.74) is 1.82. The molecule has 0 aliphatic carbocycles. The molecule has 1 aromatic heterocycles. The molecule has 2 N–H and O–H groups in total. The molecule has 1 aliphatic heterocycles. The smallest absolute Gasteiger partial charge is 0.256 e. The molecule has 20 heavy (non-hydrogen) atoms. The van der Waals surface area contributed by atoms with Gasteiger partial charge in [0.15, 0.2) is 0 Å². The van der Waals surface area contributed by atoms with Crippen LogP contribution in [0.25, 0.3) is 10.9 Å². The lowest BCUT2D eigenvalue weighted by Gasteiger charge is -2.32. The number of carbonyl (C=O) groups excluding carboxylic acids is 1. The summed E-state index contributed by atoms with van der Waals surface area (Å²) < 4.78 is 0. The van der Waals surface area contributed by atoms with Gasteiger partial charge in [0.25, 0.3) is 5.91 Å². The lowest BCUT2D eigenvalue weighted by Crippen LogP contribution is -2.42. The van der Waals surface area contributed by atoms with Gasteiger partial charge >= 0.3 is 0 Å². The second-order valence-corrected chi connectivity index (χ2v) is 5.57. The molecule has 1 aliphatic rings. The number of carbonyl (C=O) groups is 1. The second kappa shape index (κ2) is 5.67. The summed E-state index contributed by atoms with van der Waals surface area (Å²) in [5.74, 6) is 0.728. The van der Waals surface area contributed by atoms with Crippen molar-refractivity contribution in [1.82, 2.24) is 15.2 Å². The minimum atomic E-state index is 0.156. The topological polar surface area (TPSA) is 48.1 Å². The summed E-state index contributed by atoms with van der Waals surface area (Å²) in [7, 11) is 1.97. The highest BCUT2D eigenvalue weighted by atomic mass is 16.2. The number of piperidine rings is 1. The molecular formula is C16H21N3O. The van der Waals surface area contributed by atoms with Crippen LogP contribution in [0.2, 0.25) is 0 Å². The summed E-state index contributed by atoms with van der Waals surface area (Å²) in [4.78, 5) is 17.9. The Morgan fingerprint density at radius 2 is 2.30 bits per heavy atom. The van der Waals surface area contributed by atoms with Crippen molar-refractivity contribution in [3.63, 3.8) is 0 Å². The zero-order valence-corrected chi connectivity index (χ0v) is 11.9. The van der Waals surface area contributed by atoms with Gasteiger partial charge in [0.1, 0.15) is 0 Å². The van der Waals surface area contributed by atoms with Crippen molar-refractivity contribution in [2.75, 3.05) is 26.7 Å². The van der Waals surface area contributed by atoms with Gasteiger partial charge in [0.2, 0.25) is 0 Å². The number of amides is 1. The zero-order valence-electron chi connectivity index (χ0n) is 11.9. The summed E-state index contributed by atoms with van der Waals surface area (Å²) in [6, 6.07) is 7.98. The van der Waals surface area contributed by atoms with Crippen LogP contribution in [-0.2, 0) is 0 Å². The zero-order chi connectivity index (χ0) is 13.9. The van der Waals surface area contributed by atoms with Crippen molar-refractivity contribution in [2.45, 2.75) is 12.8 Å². The molecule has 0 saturated carbocycles. The van der Waals surface area contributed by atoms with Gasteiger partial charge < -0.3 is 15.2 Å². The molecular weight excluding hydrogens is 250 g/mol. The van der Waals surface area contributed by atoms with Gasteiger partial charge in [0, 0.05) is 30.2 Å². The van der Waals surface area contributed by atoms with Crippen molar-refractivity contribution in [2.24, 2.45) is 5.92 Å². The van der Waals surface area contributed by atoms with E-state index >= 15 is 0 Å². The van der Waals surface area contributed by atoms with E-state index in [2.05, 4.69) is 10.3 Å². The molecule has 0 radical (unpaired) electrons. The number of aromatic amines is 1. The Morgan fingerprint density at radius 1 is 1.45 bits per heavy atom. The maximum atomic E-state index is 12.7. The van der Waals surface area contributed by atoms with E-state index < -0.39 is 0 Å². The number of hydrogen-bond acceptors (Lipinski definition) is 2. The number of H-pyrrole nitrogens is 1. The standard InChI is InChI=1S/C16H21N3O/c1-17-9-12-5-4-8-19(11-12)16(20)14-10-18-15-7-3-2-6-13(14)15/h2-3,6-7,10,12,17-18H,4-5,8-9,11H2,1H3. The fourth-order valence-electron chi connectivity index (χ4n) is 3.12. The Morgan fingerprint density at radius 3 is 3.15 bits per heavy atom. The van der Waals surface area contributed by atoms with Crippen molar-refractivity contribution in [3.05, 3.63) is 36.0 Å². The molecule has 1 unspecified atom stereocenters. The SMILES string of the molecule is CNCC1CCCN(C(=O)c2c[nH]c3ccccc23)C1. The third kappa shape index (κ3) is 2.43. The van der Waals surface area contributed by atoms with Crippen LogP contribution in [-0.4, -0.2) is 42.5 Å². The van der Waals surface area contributed by atoms with Gasteiger partial charge in [-0.25, -0.2) is 0 Å². The van der Waals surface area contributed by atoms with Crippen LogP contribution in [0.15, 0.2) is 30.5 Å². The Balaban J connectivity index is 1.81. The minimum absolute atomic E-state index is 0.156. The van der Waals surface area contributed by atoms with Crippen LogP contribution in [0.4, 0.5) is 0 Å². The first kappa shape index (κ1) is 13.2. The largest absolute Gasteiger partial charge is 0.360 e. The van der Waals surface area contributed by atoms with Crippen molar-refractivity contribution < 1.29 is 4.79 Å². The first-order valence-corrected chi connectivity index (χ1v) is 7.29. The number of aromatic nitrogens is 1. The lowest BCUT2D eigenvalue weighted by atomic mass is 9.97. The van der Waals surface area contributed by atoms with E-state index in [1.54, 1.807) is 0 Å². The average molecular weight is 271 g/mol. The molecule has 2 heterocycles. The Bertz CT molecular complexity index is 603. The number of nitrogens with zero attached hydrogens (tertiary/aromatic N) is 1. The van der Waals surface area contributed by atoms with Crippen molar-refractivity contribution >= 4 is 16.8 Å². The highest BCUT2D eigenvalue weighted by Crippen LogP contribution is 2.22. The lowest BCUT2D eigenvalue weighted by molar-refractivity contribution is 0.0676. The number of hydrogen-bond donors (Lipinski definition) is 2. The highest BCUT2D eigenvalue weighted by Gasteiger charge is 2.25.